The number of hydrogen-bond acceptors (Lipinski definition) is 5. The molecule has 0 heterocycles. The van der Waals surface area contributed by atoms with Crippen molar-refractivity contribution in [1.82, 2.24) is 0 Å². The van der Waals surface area contributed by atoms with Crippen molar-refractivity contribution in [3.63, 3.8) is 0 Å². The van der Waals surface area contributed by atoms with Gasteiger partial charge in [0.1, 0.15) is 12.2 Å². The van der Waals surface area contributed by atoms with Gasteiger partial charge in [0.15, 0.2) is 0 Å². The van der Waals surface area contributed by atoms with Crippen molar-refractivity contribution < 1.29 is 24.2 Å². The Morgan fingerprint density at radius 2 is 1.66 bits per heavy atom. The molecule has 0 aliphatic heterocycles. The van der Waals surface area contributed by atoms with E-state index in [1.165, 1.54) is 13.8 Å². The summed E-state index contributed by atoms with van der Waals surface area (Å²) in [6.45, 7) is 7.61. The number of ether oxygens (including phenoxy) is 2. The monoisotopic (exact) mass is 470 g/mol. The summed E-state index contributed by atoms with van der Waals surface area (Å²) in [6, 6.07) is 0. The van der Waals surface area contributed by atoms with Crippen LogP contribution in [0.1, 0.15) is 79.1 Å². The molecule has 0 spiro atoms. The van der Waals surface area contributed by atoms with E-state index < -0.39 is 10.4 Å². The van der Waals surface area contributed by atoms with Crippen LogP contribution in [-0.2, 0) is 19.1 Å². The van der Waals surface area contributed by atoms with Crippen molar-refractivity contribution in [1.29, 1.82) is 0 Å². The number of alkyl halides is 1. The van der Waals surface area contributed by atoms with Crippen LogP contribution in [-0.4, -0.2) is 39.7 Å². The lowest BCUT2D eigenvalue weighted by Gasteiger charge is -2.65. The maximum Gasteiger partial charge on any atom is 0.302 e. The number of aliphatic hydroxyl groups is 1. The number of fused-ring (bicyclic) bond motifs is 5. The second-order valence-corrected chi connectivity index (χ2v) is 12.0. The van der Waals surface area contributed by atoms with Crippen molar-refractivity contribution in [2.45, 2.75) is 102 Å². The van der Waals surface area contributed by atoms with Gasteiger partial charge in [0, 0.05) is 25.7 Å². The predicted octanol–water partition coefficient (Wildman–Crippen LogP) is 4.38. The minimum absolute atomic E-state index is 0.00579. The zero-order chi connectivity index (χ0) is 21.2. The summed E-state index contributed by atoms with van der Waals surface area (Å²) >= 11 is 4.01. The van der Waals surface area contributed by atoms with Gasteiger partial charge in [0.25, 0.3) is 0 Å². The lowest BCUT2D eigenvalue weighted by molar-refractivity contribution is -0.176. The van der Waals surface area contributed by atoms with Crippen LogP contribution in [0.3, 0.4) is 0 Å². The molecule has 9 atom stereocenters. The lowest BCUT2D eigenvalue weighted by atomic mass is 9.44. The third kappa shape index (κ3) is 3.19. The molecule has 4 aliphatic carbocycles. The Labute approximate surface area is 182 Å². The molecule has 4 rings (SSSR count). The summed E-state index contributed by atoms with van der Waals surface area (Å²) in [5.74, 6) is 1.04. The topological polar surface area (TPSA) is 72.8 Å². The van der Waals surface area contributed by atoms with Crippen molar-refractivity contribution in [3.8, 4) is 0 Å². The van der Waals surface area contributed by atoms with Gasteiger partial charge in [-0.15, -0.1) is 0 Å². The van der Waals surface area contributed by atoms with Crippen molar-refractivity contribution in [2.24, 2.45) is 28.6 Å². The van der Waals surface area contributed by atoms with Gasteiger partial charge in [-0.2, -0.15) is 0 Å². The summed E-state index contributed by atoms with van der Waals surface area (Å²) in [5.41, 5.74) is -0.0169. The number of esters is 2. The van der Waals surface area contributed by atoms with Crippen LogP contribution in [0.5, 0.6) is 0 Å². The van der Waals surface area contributed by atoms with Gasteiger partial charge in [-0.25, -0.2) is 0 Å². The van der Waals surface area contributed by atoms with Crippen LogP contribution in [0.25, 0.3) is 0 Å². The fraction of sp³-hybridized carbons (Fsp3) is 0.913. The van der Waals surface area contributed by atoms with Crippen LogP contribution >= 0.6 is 15.9 Å². The molecule has 0 amide bonds. The summed E-state index contributed by atoms with van der Waals surface area (Å²) in [6.07, 6.45) is 6.84. The Morgan fingerprint density at radius 3 is 2.31 bits per heavy atom. The van der Waals surface area contributed by atoms with Gasteiger partial charge in [-0.05, 0) is 68.1 Å². The first kappa shape index (κ1) is 21.6. The van der Waals surface area contributed by atoms with Gasteiger partial charge in [-0.1, -0.05) is 29.8 Å². The normalized spacial score (nSPS) is 51.4. The largest absolute Gasteiger partial charge is 0.463 e. The quantitative estimate of drug-likeness (QED) is 0.478. The summed E-state index contributed by atoms with van der Waals surface area (Å²) in [7, 11) is 0. The molecule has 4 saturated carbocycles. The van der Waals surface area contributed by atoms with E-state index in [0.717, 1.165) is 44.9 Å². The Kier molecular flexibility index (Phi) is 5.38. The summed E-state index contributed by atoms with van der Waals surface area (Å²) < 4.78 is 10.9. The van der Waals surface area contributed by atoms with E-state index in [1.807, 2.05) is 0 Å². The van der Waals surface area contributed by atoms with Crippen LogP contribution < -0.4 is 0 Å². The zero-order valence-corrected chi connectivity index (χ0v) is 19.7. The second kappa shape index (κ2) is 7.22. The molecule has 1 N–H and O–H groups in total. The Bertz CT molecular complexity index is 697. The molecule has 0 bridgehead atoms. The molecule has 3 unspecified atom stereocenters. The summed E-state index contributed by atoms with van der Waals surface area (Å²) in [4.78, 5) is 23.1. The molecule has 0 aromatic heterocycles. The van der Waals surface area contributed by atoms with Gasteiger partial charge in [0.2, 0.25) is 0 Å². The number of halogens is 1. The first-order valence-corrected chi connectivity index (χ1v) is 12.0. The molecule has 0 aromatic rings. The van der Waals surface area contributed by atoms with Crippen molar-refractivity contribution >= 4 is 27.9 Å². The smallest absolute Gasteiger partial charge is 0.302 e. The van der Waals surface area contributed by atoms with E-state index in [9.17, 15) is 14.7 Å². The first-order valence-electron chi connectivity index (χ1n) is 11.2. The fourth-order valence-corrected chi connectivity index (χ4v) is 8.92. The molecule has 4 aliphatic rings. The molecule has 164 valence electrons. The highest BCUT2D eigenvalue weighted by atomic mass is 79.9. The van der Waals surface area contributed by atoms with Crippen molar-refractivity contribution in [2.75, 3.05) is 0 Å². The average Bonchev–Trinajstić information content (AvgIpc) is 2.93. The molecule has 4 fully saturated rings. The van der Waals surface area contributed by atoms with E-state index in [4.69, 9.17) is 9.47 Å². The highest BCUT2D eigenvalue weighted by Gasteiger charge is 2.67. The second-order valence-electron chi connectivity index (χ2n) is 10.6. The Morgan fingerprint density at radius 1 is 0.966 bits per heavy atom. The van der Waals surface area contributed by atoms with E-state index in [2.05, 4.69) is 29.8 Å². The molecule has 29 heavy (non-hydrogen) atoms. The number of carbonyl (C=O) groups is 2. The van der Waals surface area contributed by atoms with E-state index in [0.29, 0.717) is 24.2 Å². The standard InChI is InChI=1S/C23H35BrO5/c1-13(25)28-15-7-10-22(4)18-8-9-21(3)17(5-6-20(21)29-14(2)26)16(18)11-19(27)23(22,24)12-15/h15-20,27H,5-12H2,1-4H3/t15-,16?,17?,18?,19+,20-,21-,22+,23-/m0/s1. The van der Waals surface area contributed by atoms with E-state index in [-0.39, 0.29) is 35.0 Å². The maximum absolute atomic E-state index is 11.6. The Balaban J connectivity index is 1.60. The molecular formula is C23H35BrO5. The van der Waals surface area contributed by atoms with Crippen LogP contribution in [0.2, 0.25) is 0 Å². The SMILES string of the molecule is CC(=O)O[C@H]1CC[C@]2(C)C3CC[C@@]4(C)C(CC[C@@H]4OC(C)=O)C3C[C@@H](O)[C@@]2(Br)C1. The molecular weight excluding hydrogens is 436 g/mol. The van der Waals surface area contributed by atoms with Gasteiger partial charge < -0.3 is 14.6 Å². The van der Waals surface area contributed by atoms with Crippen LogP contribution in [0.15, 0.2) is 0 Å². The zero-order valence-electron chi connectivity index (χ0n) is 18.1. The Hall–Kier alpha value is -0.620. The molecule has 0 radical (unpaired) electrons. The van der Waals surface area contributed by atoms with Crippen LogP contribution in [0.4, 0.5) is 0 Å². The van der Waals surface area contributed by atoms with E-state index >= 15 is 0 Å². The third-order valence-corrected chi connectivity index (χ3v) is 11.1. The number of hydrogen-bond donors (Lipinski definition) is 1. The molecule has 6 heteroatoms. The first-order chi connectivity index (χ1) is 13.5. The minimum Gasteiger partial charge on any atom is -0.463 e. The van der Waals surface area contributed by atoms with Crippen LogP contribution in [0, 0.1) is 28.6 Å². The van der Waals surface area contributed by atoms with Gasteiger partial charge in [-0.3, -0.25) is 9.59 Å². The van der Waals surface area contributed by atoms with Gasteiger partial charge >= 0.3 is 11.9 Å². The van der Waals surface area contributed by atoms with E-state index in [1.54, 1.807) is 0 Å². The fourth-order valence-electron chi connectivity index (χ4n) is 7.88. The number of carbonyl (C=O) groups excluding carboxylic acids is 2. The number of rotatable bonds is 2. The molecule has 0 aromatic carbocycles. The minimum atomic E-state index is -0.470. The lowest BCUT2D eigenvalue weighted by Crippen LogP contribution is -2.66. The average molecular weight is 471 g/mol. The summed E-state index contributed by atoms with van der Waals surface area (Å²) in [5, 5.41) is 11.4. The van der Waals surface area contributed by atoms with Gasteiger partial charge in [0.05, 0.1) is 10.4 Å². The molecule has 5 nitrogen and oxygen atoms in total. The molecule has 0 saturated heterocycles. The predicted molar refractivity (Wildman–Crippen MR) is 112 cm³/mol. The number of aliphatic hydroxyl groups excluding tert-OH is 1. The van der Waals surface area contributed by atoms with Crippen molar-refractivity contribution in [3.05, 3.63) is 0 Å². The third-order valence-electron chi connectivity index (χ3n) is 9.29. The maximum atomic E-state index is 11.6. The highest BCUT2D eigenvalue weighted by molar-refractivity contribution is 9.10. The highest BCUT2D eigenvalue weighted by Crippen LogP contribution is 2.69.